The van der Waals surface area contributed by atoms with Crippen LogP contribution >= 0.6 is 8.58 Å². The summed E-state index contributed by atoms with van der Waals surface area (Å²) < 4.78 is 0. The fourth-order valence-electron chi connectivity index (χ4n) is 2.01. The fraction of sp³-hybridized carbons (Fsp3) is 0.647. The van der Waals surface area contributed by atoms with Crippen LogP contribution in [0.3, 0.4) is 0 Å². The average Bonchev–Trinajstić information content (AvgIpc) is 2.35. The molecule has 0 aliphatic rings. The van der Waals surface area contributed by atoms with E-state index < -0.39 is 0 Å². The summed E-state index contributed by atoms with van der Waals surface area (Å²) in [5.41, 5.74) is 2.28. The van der Waals surface area contributed by atoms with Gasteiger partial charge in [-0.15, -0.1) is 0 Å². The molecule has 18 heavy (non-hydrogen) atoms. The third-order valence-corrected chi connectivity index (χ3v) is 5.19. The van der Waals surface area contributed by atoms with Crippen LogP contribution < -0.4 is 0 Å². The molecule has 3 unspecified atom stereocenters. The van der Waals surface area contributed by atoms with Gasteiger partial charge in [-0.05, 0) is 37.3 Å². The van der Waals surface area contributed by atoms with Crippen LogP contribution in [0.1, 0.15) is 59.8 Å². The summed E-state index contributed by atoms with van der Waals surface area (Å²) in [4.78, 5) is 0. The molecule has 3 atom stereocenters. The van der Waals surface area contributed by atoms with Crippen molar-refractivity contribution in [2.45, 2.75) is 65.5 Å². The highest BCUT2D eigenvalue weighted by Gasteiger charge is 2.14. The van der Waals surface area contributed by atoms with Crippen LogP contribution in [0.2, 0.25) is 0 Å². The van der Waals surface area contributed by atoms with Crippen molar-refractivity contribution in [3.63, 3.8) is 0 Å². The average molecular weight is 266 g/mol. The fourth-order valence-corrected chi connectivity index (χ4v) is 3.38. The zero-order valence-corrected chi connectivity index (χ0v) is 13.8. The largest absolute Gasteiger partial charge is 0.0991 e. The van der Waals surface area contributed by atoms with Crippen LogP contribution in [0.4, 0.5) is 0 Å². The van der Waals surface area contributed by atoms with Crippen molar-refractivity contribution in [2.24, 2.45) is 5.92 Å². The van der Waals surface area contributed by atoms with Crippen molar-refractivity contribution in [3.8, 4) is 0 Å². The Bertz CT molecular complexity index is 275. The molecule has 0 radical (unpaired) electrons. The van der Waals surface area contributed by atoms with Gasteiger partial charge in [-0.3, -0.25) is 0 Å². The van der Waals surface area contributed by atoms with Gasteiger partial charge in [0, 0.05) is 0 Å². The van der Waals surface area contributed by atoms with Crippen LogP contribution in [-0.4, -0.2) is 5.66 Å². The minimum absolute atomic E-state index is 0.743. The number of hydrogen-bond acceptors (Lipinski definition) is 0. The van der Waals surface area contributed by atoms with Crippen LogP contribution in [0.15, 0.2) is 36.2 Å². The molecule has 0 spiro atoms. The summed E-state index contributed by atoms with van der Waals surface area (Å²) in [5.74, 6) is 0.743. The maximum atomic E-state index is 4.23. The van der Waals surface area contributed by atoms with Gasteiger partial charge in [0.15, 0.2) is 0 Å². The molecule has 0 aliphatic heterocycles. The molecular weight excluding hydrogens is 235 g/mol. The Hall–Kier alpha value is -0.350. The molecule has 0 nitrogen and oxygen atoms in total. The topological polar surface area (TPSA) is 0 Å². The van der Waals surface area contributed by atoms with E-state index in [0.717, 1.165) is 26.6 Å². The van der Waals surface area contributed by atoms with Gasteiger partial charge in [0.25, 0.3) is 0 Å². The van der Waals surface area contributed by atoms with E-state index in [2.05, 4.69) is 46.9 Å². The molecule has 0 bridgehead atoms. The highest BCUT2D eigenvalue weighted by atomic mass is 31.1. The zero-order valence-electron chi connectivity index (χ0n) is 12.8. The third kappa shape index (κ3) is 7.88. The van der Waals surface area contributed by atoms with Gasteiger partial charge in [0.05, 0.1) is 0 Å². The second-order valence-electron chi connectivity index (χ2n) is 5.24. The monoisotopic (exact) mass is 266 g/mol. The third-order valence-electron chi connectivity index (χ3n) is 3.51. The summed E-state index contributed by atoms with van der Waals surface area (Å²) in [6, 6.07) is 0. The lowest BCUT2D eigenvalue weighted by molar-refractivity contribution is 0.561. The smallest absolute Gasteiger partial charge is 0.0199 e. The number of allylic oxidation sites excluding steroid dienone is 4. The van der Waals surface area contributed by atoms with E-state index in [-0.39, 0.29) is 0 Å². The molecular formula is C17H31P. The molecule has 0 N–H and O–H groups in total. The highest BCUT2D eigenvalue weighted by molar-refractivity contribution is 7.43. The molecule has 0 aromatic heterocycles. The minimum Gasteiger partial charge on any atom is -0.0991 e. The van der Waals surface area contributed by atoms with E-state index in [4.69, 9.17) is 0 Å². The van der Waals surface area contributed by atoms with E-state index in [1.807, 2.05) is 6.08 Å². The summed E-state index contributed by atoms with van der Waals surface area (Å²) >= 11 is 0. The van der Waals surface area contributed by atoms with E-state index in [1.54, 1.807) is 0 Å². The van der Waals surface area contributed by atoms with E-state index in [9.17, 15) is 0 Å². The van der Waals surface area contributed by atoms with Crippen molar-refractivity contribution in [2.75, 3.05) is 0 Å². The predicted molar refractivity (Wildman–Crippen MR) is 88.8 cm³/mol. The first-order valence-electron chi connectivity index (χ1n) is 7.29. The maximum absolute atomic E-state index is 4.23. The maximum Gasteiger partial charge on any atom is -0.0199 e. The van der Waals surface area contributed by atoms with Gasteiger partial charge in [-0.1, -0.05) is 78.9 Å². The molecule has 1 heteroatoms. The van der Waals surface area contributed by atoms with E-state index in [1.165, 1.54) is 36.6 Å². The van der Waals surface area contributed by atoms with Gasteiger partial charge < -0.3 is 0 Å². The molecule has 0 saturated heterocycles. The summed E-state index contributed by atoms with van der Waals surface area (Å²) in [5, 5.41) is 1.46. The molecule has 104 valence electrons. The Balaban J connectivity index is 4.16. The van der Waals surface area contributed by atoms with Crippen LogP contribution in [0.25, 0.3) is 0 Å². The first-order valence-corrected chi connectivity index (χ1v) is 8.37. The van der Waals surface area contributed by atoms with Crippen molar-refractivity contribution in [1.29, 1.82) is 0 Å². The van der Waals surface area contributed by atoms with Crippen molar-refractivity contribution < 1.29 is 0 Å². The minimum atomic E-state index is 0.743. The van der Waals surface area contributed by atoms with Crippen molar-refractivity contribution in [3.05, 3.63) is 36.2 Å². The summed E-state index contributed by atoms with van der Waals surface area (Å²) in [7, 11) is 0.925. The van der Waals surface area contributed by atoms with Gasteiger partial charge in [-0.2, -0.15) is 0 Å². The lowest BCUT2D eigenvalue weighted by Crippen LogP contribution is -2.10. The predicted octanol–water partition coefficient (Wildman–Crippen LogP) is 6.31. The summed E-state index contributed by atoms with van der Waals surface area (Å²) in [6.07, 6.45) is 10.2. The van der Waals surface area contributed by atoms with E-state index >= 15 is 0 Å². The highest BCUT2D eigenvalue weighted by Crippen LogP contribution is 2.37. The number of rotatable bonds is 10. The van der Waals surface area contributed by atoms with Gasteiger partial charge >= 0.3 is 0 Å². The van der Waals surface area contributed by atoms with Crippen molar-refractivity contribution >= 4 is 8.58 Å². The molecule has 0 heterocycles. The zero-order chi connectivity index (χ0) is 14.0. The standard InChI is InChI=1S/C17H31P/c1-7-10-12-15(5)18-16(6)14(4)13-17(9-3)11-8-2/h8,11,14,16,18H,2,5,7,9-10,12-13H2,1,3-4,6H3. The van der Waals surface area contributed by atoms with Gasteiger partial charge in [-0.25, -0.2) is 0 Å². The second-order valence-corrected chi connectivity index (χ2v) is 7.14. The molecule has 0 rings (SSSR count). The lowest BCUT2D eigenvalue weighted by atomic mass is 9.96. The Labute approximate surface area is 116 Å². The second kappa shape index (κ2) is 10.6. The van der Waals surface area contributed by atoms with Gasteiger partial charge in [0.1, 0.15) is 0 Å². The SMILES string of the molecule is C=CC=C(CC)CC(C)C(C)PC(=C)CCCC. The molecule has 0 amide bonds. The summed E-state index contributed by atoms with van der Waals surface area (Å²) in [6.45, 7) is 17.3. The first kappa shape index (κ1) is 17.6. The molecule has 0 fully saturated rings. The van der Waals surface area contributed by atoms with Crippen LogP contribution in [-0.2, 0) is 0 Å². The van der Waals surface area contributed by atoms with Crippen LogP contribution in [0, 0.1) is 5.92 Å². The molecule has 0 saturated carbocycles. The molecule has 0 aromatic carbocycles. The Morgan fingerprint density at radius 2 is 1.94 bits per heavy atom. The lowest BCUT2D eigenvalue weighted by Gasteiger charge is -2.22. The quantitative estimate of drug-likeness (QED) is 0.321. The first-order chi connectivity index (χ1) is 8.54. The van der Waals surface area contributed by atoms with Crippen LogP contribution in [0.5, 0.6) is 0 Å². The Morgan fingerprint density at radius 1 is 1.28 bits per heavy atom. The molecule has 0 aromatic rings. The molecule has 0 aliphatic carbocycles. The van der Waals surface area contributed by atoms with E-state index in [0.29, 0.717) is 0 Å². The van der Waals surface area contributed by atoms with Crippen molar-refractivity contribution in [1.82, 2.24) is 0 Å². The Morgan fingerprint density at radius 3 is 2.44 bits per heavy atom. The normalized spacial score (nSPS) is 15.9. The van der Waals surface area contributed by atoms with Gasteiger partial charge in [0.2, 0.25) is 0 Å². The Kier molecular flexibility index (Phi) is 10.4. The number of hydrogen-bond donors (Lipinski definition) is 0. The number of unbranched alkanes of at least 4 members (excludes halogenated alkanes) is 1.